The van der Waals surface area contributed by atoms with Crippen molar-refractivity contribution in [3.63, 3.8) is 0 Å². The van der Waals surface area contributed by atoms with Crippen molar-refractivity contribution < 1.29 is 9.53 Å². The molecule has 0 saturated carbocycles. The molecule has 1 saturated heterocycles. The molecule has 1 atom stereocenters. The fraction of sp³-hybridized carbons (Fsp3) is 0.389. The zero-order chi connectivity index (χ0) is 17.1. The molecule has 0 unspecified atom stereocenters. The molecule has 5 nitrogen and oxygen atoms in total. The van der Waals surface area contributed by atoms with Crippen LogP contribution in [-0.4, -0.2) is 40.5 Å². The molecule has 1 aliphatic rings. The number of carbonyl (C=O) groups excluding carboxylic acids is 1. The van der Waals surface area contributed by atoms with Gasteiger partial charge in [-0.3, -0.25) is 4.79 Å². The van der Waals surface area contributed by atoms with Crippen LogP contribution in [0.25, 0.3) is 0 Å². The minimum atomic E-state index is -0.146. The van der Waals surface area contributed by atoms with Crippen LogP contribution in [0.3, 0.4) is 0 Å². The maximum Gasteiger partial charge on any atom is 0.257 e. The fourth-order valence-corrected chi connectivity index (χ4v) is 2.97. The van der Waals surface area contributed by atoms with E-state index in [4.69, 9.17) is 16.3 Å². The van der Waals surface area contributed by atoms with Gasteiger partial charge < -0.3 is 9.64 Å². The number of ether oxygens (including phenoxy) is 1. The van der Waals surface area contributed by atoms with Crippen molar-refractivity contribution in [2.75, 3.05) is 19.7 Å². The molecule has 0 bridgehead atoms. The van der Waals surface area contributed by atoms with Gasteiger partial charge >= 0.3 is 0 Å². The van der Waals surface area contributed by atoms with Crippen LogP contribution in [-0.2, 0) is 4.74 Å². The monoisotopic (exact) mass is 345 g/mol. The van der Waals surface area contributed by atoms with Crippen LogP contribution < -0.4 is 0 Å². The van der Waals surface area contributed by atoms with Crippen LogP contribution in [0.5, 0.6) is 0 Å². The normalized spacial score (nSPS) is 18.0. The molecule has 6 heteroatoms. The molecule has 1 aliphatic heterocycles. The van der Waals surface area contributed by atoms with E-state index in [1.165, 1.54) is 6.33 Å². The number of carbonyl (C=O) groups is 1. The van der Waals surface area contributed by atoms with E-state index in [0.717, 1.165) is 11.3 Å². The maximum atomic E-state index is 12.9. The van der Waals surface area contributed by atoms with E-state index in [9.17, 15) is 4.79 Å². The zero-order valence-corrected chi connectivity index (χ0v) is 14.5. The van der Waals surface area contributed by atoms with Crippen LogP contribution in [0.4, 0.5) is 0 Å². The minimum Gasteiger partial charge on any atom is -0.370 e. The SMILES string of the molecule is CC(C)c1ncncc1C(=O)N1CCO[C@@H](c2ccc(Cl)cc2)C1. The van der Waals surface area contributed by atoms with Gasteiger partial charge in [0.05, 0.1) is 24.4 Å². The number of benzene rings is 1. The van der Waals surface area contributed by atoms with Gasteiger partial charge in [0.15, 0.2) is 0 Å². The Labute approximate surface area is 146 Å². The van der Waals surface area contributed by atoms with E-state index in [1.807, 2.05) is 43.0 Å². The van der Waals surface area contributed by atoms with E-state index in [2.05, 4.69) is 9.97 Å². The lowest BCUT2D eigenvalue weighted by molar-refractivity contribution is -0.0229. The second-order valence-corrected chi connectivity index (χ2v) is 6.57. The van der Waals surface area contributed by atoms with Gasteiger partial charge in [0.2, 0.25) is 0 Å². The number of nitrogens with zero attached hydrogens (tertiary/aromatic N) is 3. The lowest BCUT2D eigenvalue weighted by atomic mass is 10.0. The third-order valence-electron chi connectivity index (χ3n) is 4.12. The van der Waals surface area contributed by atoms with Crippen molar-refractivity contribution >= 4 is 17.5 Å². The number of amides is 1. The first-order valence-electron chi connectivity index (χ1n) is 8.02. The molecular weight excluding hydrogens is 326 g/mol. The van der Waals surface area contributed by atoms with Gasteiger partial charge in [0.25, 0.3) is 5.91 Å². The average molecular weight is 346 g/mol. The van der Waals surface area contributed by atoms with E-state index in [-0.39, 0.29) is 17.9 Å². The Balaban J connectivity index is 1.80. The molecule has 1 aromatic carbocycles. The number of halogens is 1. The topological polar surface area (TPSA) is 55.3 Å². The lowest BCUT2D eigenvalue weighted by Crippen LogP contribution is -2.42. The summed E-state index contributed by atoms with van der Waals surface area (Å²) < 4.78 is 5.83. The minimum absolute atomic E-state index is 0.0402. The third-order valence-corrected chi connectivity index (χ3v) is 4.37. The Morgan fingerprint density at radius 3 is 2.79 bits per heavy atom. The number of aromatic nitrogens is 2. The Kier molecular flexibility index (Phi) is 5.11. The maximum absolute atomic E-state index is 12.9. The highest BCUT2D eigenvalue weighted by Gasteiger charge is 2.28. The molecule has 0 radical (unpaired) electrons. The molecule has 126 valence electrons. The molecule has 1 amide bonds. The third kappa shape index (κ3) is 3.57. The van der Waals surface area contributed by atoms with E-state index < -0.39 is 0 Å². The average Bonchev–Trinajstić information content (AvgIpc) is 2.62. The lowest BCUT2D eigenvalue weighted by Gasteiger charge is -2.33. The summed E-state index contributed by atoms with van der Waals surface area (Å²) >= 11 is 5.94. The summed E-state index contributed by atoms with van der Waals surface area (Å²) in [5, 5.41) is 0.686. The highest BCUT2D eigenvalue weighted by atomic mass is 35.5. The Morgan fingerprint density at radius 1 is 1.33 bits per heavy atom. The molecule has 0 N–H and O–H groups in total. The Bertz CT molecular complexity index is 718. The number of morpholine rings is 1. The summed E-state index contributed by atoms with van der Waals surface area (Å²) in [6.45, 7) is 5.62. The Hall–Kier alpha value is -1.98. The van der Waals surface area contributed by atoms with Crippen molar-refractivity contribution in [2.24, 2.45) is 0 Å². The summed E-state index contributed by atoms with van der Waals surface area (Å²) in [5.74, 6) is 0.126. The molecule has 0 aliphatic carbocycles. The highest BCUT2D eigenvalue weighted by molar-refractivity contribution is 6.30. The van der Waals surface area contributed by atoms with E-state index in [0.29, 0.717) is 30.3 Å². The van der Waals surface area contributed by atoms with Gasteiger partial charge in [0.1, 0.15) is 12.4 Å². The highest BCUT2D eigenvalue weighted by Crippen LogP contribution is 2.25. The summed E-state index contributed by atoms with van der Waals surface area (Å²) in [6.07, 6.45) is 2.95. The number of rotatable bonds is 3. The fourth-order valence-electron chi connectivity index (χ4n) is 2.85. The largest absolute Gasteiger partial charge is 0.370 e. The Morgan fingerprint density at radius 2 is 2.08 bits per heavy atom. The van der Waals surface area contributed by atoms with Gasteiger partial charge in [-0.25, -0.2) is 9.97 Å². The molecule has 1 aromatic heterocycles. The van der Waals surface area contributed by atoms with Crippen molar-refractivity contribution in [3.8, 4) is 0 Å². The van der Waals surface area contributed by atoms with Gasteiger partial charge in [-0.15, -0.1) is 0 Å². The summed E-state index contributed by atoms with van der Waals surface area (Å²) in [5.41, 5.74) is 2.37. The quantitative estimate of drug-likeness (QED) is 0.854. The van der Waals surface area contributed by atoms with Crippen molar-refractivity contribution in [3.05, 3.63) is 58.6 Å². The van der Waals surface area contributed by atoms with Gasteiger partial charge in [0, 0.05) is 17.8 Å². The summed E-state index contributed by atoms with van der Waals surface area (Å²) in [4.78, 5) is 23.0. The smallest absolute Gasteiger partial charge is 0.257 e. The molecule has 1 fully saturated rings. The summed E-state index contributed by atoms with van der Waals surface area (Å²) in [6, 6.07) is 7.55. The number of hydrogen-bond acceptors (Lipinski definition) is 4. The van der Waals surface area contributed by atoms with Crippen LogP contribution in [0, 0.1) is 0 Å². The molecule has 2 aromatic rings. The molecule has 2 heterocycles. The van der Waals surface area contributed by atoms with E-state index >= 15 is 0 Å². The first-order valence-corrected chi connectivity index (χ1v) is 8.40. The second kappa shape index (κ2) is 7.28. The molecule has 3 rings (SSSR count). The molecular formula is C18H20ClN3O2. The van der Waals surface area contributed by atoms with Gasteiger partial charge in [-0.05, 0) is 23.6 Å². The van der Waals surface area contributed by atoms with Gasteiger partial charge in [-0.1, -0.05) is 37.6 Å². The predicted molar refractivity (Wildman–Crippen MR) is 92.2 cm³/mol. The van der Waals surface area contributed by atoms with Crippen LogP contribution in [0.15, 0.2) is 36.8 Å². The number of hydrogen-bond donors (Lipinski definition) is 0. The van der Waals surface area contributed by atoms with Crippen LogP contribution in [0.1, 0.15) is 47.5 Å². The predicted octanol–water partition coefficient (Wildman–Crippen LogP) is 3.47. The van der Waals surface area contributed by atoms with Crippen molar-refractivity contribution in [1.82, 2.24) is 14.9 Å². The first-order chi connectivity index (χ1) is 11.6. The van der Waals surface area contributed by atoms with Crippen molar-refractivity contribution in [2.45, 2.75) is 25.9 Å². The zero-order valence-electron chi connectivity index (χ0n) is 13.8. The molecule has 0 spiro atoms. The van der Waals surface area contributed by atoms with Crippen LogP contribution in [0.2, 0.25) is 5.02 Å². The molecule has 24 heavy (non-hydrogen) atoms. The standard InChI is InChI=1S/C18H20ClN3O2/c1-12(2)17-15(9-20-11-21-17)18(23)22-7-8-24-16(10-22)13-3-5-14(19)6-4-13/h3-6,9,11-12,16H,7-8,10H2,1-2H3/t16-/m1/s1. The second-order valence-electron chi connectivity index (χ2n) is 6.14. The van der Waals surface area contributed by atoms with Crippen molar-refractivity contribution in [1.29, 1.82) is 0 Å². The first kappa shape index (κ1) is 16.9. The van der Waals surface area contributed by atoms with Crippen LogP contribution >= 0.6 is 11.6 Å². The van der Waals surface area contributed by atoms with E-state index in [1.54, 1.807) is 6.20 Å². The summed E-state index contributed by atoms with van der Waals surface area (Å²) in [7, 11) is 0. The van der Waals surface area contributed by atoms with Gasteiger partial charge in [-0.2, -0.15) is 0 Å².